The van der Waals surface area contributed by atoms with Crippen LogP contribution in [0.5, 0.6) is 0 Å². The van der Waals surface area contributed by atoms with Crippen LogP contribution < -0.4 is 20.5 Å². The summed E-state index contributed by atoms with van der Waals surface area (Å²) in [6.07, 6.45) is 0. The van der Waals surface area contributed by atoms with Gasteiger partial charge in [0.2, 0.25) is 20.0 Å². The third kappa shape index (κ3) is 1.99. The second-order valence-corrected chi connectivity index (χ2v) is 6.88. The summed E-state index contributed by atoms with van der Waals surface area (Å²) in [7, 11) is 0. The van der Waals surface area contributed by atoms with E-state index >= 15 is 0 Å². The summed E-state index contributed by atoms with van der Waals surface area (Å²) in [5, 5.41) is 15.1. The molecule has 4 aliphatic rings. The molecule has 0 unspecified atom stereocenters. The second kappa shape index (κ2) is 4.73. The molecule has 22 heavy (non-hydrogen) atoms. The van der Waals surface area contributed by atoms with Crippen LogP contribution in [0.2, 0.25) is 0 Å². The molecule has 5 N–H and O–H groups in total. The molecular formula is C14H21N6O2+3. The smallest absolute Gasteiger partial charge is 0.270 e. The fourth-order valence-electron chi connectivity index (χ4n) is 4.78. The van der Waals surface area contributed by atoms with E-state index in [1.54, 1.807) is 26.8 Å². The zero-order chi connectivity index (χ0) is 15.3. The van der Waals surface area contributed by atoms with Crippen LogP contribution in [0.15, 0.2) is 29.4 Å². The quantitative estimate of drug-likeness (QED) is 0.197. The monoisotopic (exact) mass is 305 g/mol. The number of hydrogen-bond donors (Lipinski definition) is 4. The first-order chi connectivity index (χ1) is 10.6. The molecule has 0 spiro atoms. The Morgan fingerprint density at radius 3 is 2.27 bits per heavy atom. The first kappa shape index (κ1) is 13.6. The highest BCUT2D eigenvalue weighted by atomic mass is 16.6. The van der Waals surface area contributed by atoms with Crippen LogP contribution in [0.3, 0.4) is 0 Å². The van der Waals surface area contributed by atoms with E-state index in [2.05, 4.69) is 5.10 Å². The van der Waals surface area contributed by atoms with E-state index in [0.29, 0.717) is 0 Å². The zero-order valence-electron chi connectivity index (χ0n) is 12.3. The van der Waals surface area contributed by atoms with Gasteiger partial charge in [0.15, 0.2) is 5.41 Å². The van der Waals surface area contributed by atoms with Crippen molar-refractivity contribution < 1.29 is 19.6 Å². The predicted octanol–water partition coefficient (Wildman–Crippen LogP) is -4.19. The molecular weight excluding hydrogens is 284 g/mol. The zero-order valence-corrected chi connectivity index (χ0v) is 12.3. The largest absolute Gasteiger partial charge is 0.323 e. The Balaban J connectivity index is 1.74. The van der Waals surface area contributed by atoms with Crippen LogP contribution in [0.4, 0.5) is 5.69 Å². The highest BCUT2D eigenvalue weighted by molar-refractivity contribution is 6.05. The summed E-state index contributed by atoms with van der Waals surface area (Å²) in [6.45, 7) is 6.57. The molecule has 8 nitrogen and oxygen atoms in total. The Kier molecular flexibility index (Phi) is 2.93. The molecule has 0 atom stereocenters. The van der Waals surface area contributed by atoms with Crippen LogP contribution in [-0.4, -0.2) is 50.3 Å². The van der Waals surface area contributed by atoms with Gasteiger partial charge < -0.3 is 5.84 Å². The van der Waals surface area contributed by atoms with Crippen molar-refractivity contribution in [2.75, 3.05) is 39.6 Å². The molecule has 4 saturated heterocycles. The SMILES string of the molecule is N/N=C(/c1cccc([N+](=O)[O-])c1)C12C[NH+]3C[NH+](C[NH+](C3)C1)C2. The number of rotatable bonds is 3. The van der Waals surface area contributed by atoms with Gasteiger partial charge in [0.25, 0.3) is 5.69 Å². The number of nitrogens with one attached hydrogen (secondary N) is 3. The second-order valence-electron chi connectivity index (χ2n) is 6.88. The van der Waals surface area contributed by atoms with Gasteiger partial charge in [-0.25, -0.2) is 14.7 Å². The highest BCUT2D eigenvalue weighted by Crippen LogP contribution is 2.25. The van der Waals surface area contributed by atoms with E-state index in [1.165, 1.54) is 6.07 Å². The van der Waals surface area contributed by atoms with Crippen molar-refractivity contribution in [3.8, 4) is 0 Å². The molecule has 4 aliphatic heterocycles. The molecule has 116 valence electrons. The normalized spacial score (nSPS) is 36.5. The summed E-state index contributed by atoms with van der Waals surface area (Å²) in [4.78, 5) is 15.4. The molecule has 0 amide bonds. The topological polar surface area (TPSA) is 94.8 Å². The lowest BCUT2D eigenvalue weighted by molar-refractivity contribution is -1.30. The third-order valence-corrected chi connectivity index (χ3v) is 5.23. The molecule has 0 aromatic heterocycles. The van der Waals surface area contributed by atoms with Crippen LogP contribution in [0.1, 0.15) is 5.56 Å². The van der Waals surface area contributed by atoms with Gasteiger partial charge in [0.05, 0.1) is 10.6 Å². The van der Waals surface area contributed by atoms with Gasteiger partial charge in [0, 0.05) is 17.7 Å². The maximum absolute atomic E-state index is 11.0. The maximum atomic E-state index is 11.0. The number of benzene rings is 1. The standard InChI is InChI=1S/C14H18N6O2/c15-16-13(11-2-1-3-12(4-11)20(21)22)14-5-17-8-18(6-14)10-19(7-14)9-17/h1-4H,5-10,15H2/p+3/b16-13-. The number of nitro benzene ring substituents is 1. The minimum absolute atomic E-state index is 0.0568. The maximum Gasteiger partial charge on any atom is 0.270 e. The average molecular weight is 305 g/mol. The summed E-state index contributed by atoms with van der Waals surface area (Å²) in [5.41, 5.74) is 1.67. The summed E-state index contributed by atoms with van der Waals surface area (Å²) in [5.74, 6) is 5.74. The van der Waals surface area contributed by atoms with Crippen LogP contribution >= 0.6 is 0 Å². The van der Waals surface area contributed by atoms with E-state index in [0.717, 1.165) is 50.9 Å². The lowest BCUT2D eigenvalue weighted by Crippen LogP contribution is -3.56. The summed E-state index contributed by atoms with van der Waals surface area (Å²) in [6, 6.07) is 6.71. The first-order valence-electron chi connectivity index (χ1n) is 7.63. The molecule has 0 aliphatic carbocycles. The van der Waals surface area contributed by atoms with E-state index in [-0.39, 0.29) is 16.0 Å². The Morgan fingerprint density at radius 2 is 1.77 bits per heavy atom. The van der Waals surface area contributed by atoms with Gasteiger partial charge in [-0.15, -0.1) is 0 Å². The van der Waals surface area contributed by atoms with Crippen LogP contribution in [0, 0.1) is 15.5 Å². The molecule has 8 heteroatoms. The number of quaternary nitrogens is 3. The van der Waals surface area contributed by atoms with Crippen molar-refractivity contribution in [2.45, 2.75) is 0 Å². The number of nitrogens with two attached hydrogens (primary N) is 1. The fourth-order valence-corrected chi connectivity index (χ4v) is 4.78. The van der Waals surface area contributed by atoms with Crippen LogP contribution in [0.25, 0.3) is 0 Å². The Hall–Kier alpha value is -2.03. The van der Waals surface area contributed by atoms with Crippen molar-refractivity contribution in [1.29, 1.82) is 0 Å². The summed E-state index contributed by atoms with van der Waals surface area (Å²) >= 11 is 0. The lowest BCUT2D eigenvalue weighted by atomic mass is 9.74. The van der Waals surface area contributed by atoms with Crippen molar-refractivity contribution in [1.82, 2.24) is 0 Å². The van der Waals surface area contributed by atoms with Gasteiger partial charge in [-0.1, -0.05) is 12.1 Å². The van der Waals surface area contributed by atoms with Gasteiger partial charge in [-0.3, -0.25) is 10.1 Å². The van der Waals surface area contributed by atoms with Crippen molar-refractivity contribution in [2.24, 2.45) is 16.4 Å². The number of nitro groups is 1. The van der Waals surface area contributed by atoms with Crippen LogP contribution in [-0.2, 0) is 0 Å². The van der Waals surface area contributed by atoms with E-state index < -0.39 is 0 Å². The van der Waals surface area contributed by atoms with Crippen molar-refractivity contribution >= 4 is 11.4 Å². The Bertz CT molecular complexity index is 623. The highest BCUT2D eigenvalue weighted by Gasteiger charge is 2.60. The van der Waals surface area contributed by atoms with Gasteiger partial charge in [0.1, 0.15) is 19.6 Å². The molecule has 0 saturated carbocycles. The fraction of sp³-hybridized carbons (Fsp3) is 0.500. The third-order valence-electron chi connectivity index (χ3n) is 5.23. The molecule has 1 aromatic rings. The van der Waals surface area contributed by atoms with Crippen molar-refractivity contribution in [3.05, 3.63) is 39.9 Å². The Morgan fingerprint density at radius 1 is 1.18 bits per heavy atom. The van der Waals surface area contributed by atoms with Crippen molar-refractivity contribution in [3.63, 3.8) is 0 Å². The predicted molar refractivity (Wildman–Crippen MR) is 78.3 cm³/mol. The molecule has 5 rings (SSSR count). The molecule has 4 bridgehead atoms. The van der Waals surface area contributed by atoms with Gasteiger partial charge in [-0.05, 0) is 0 Å². The average Bonchev–Trinajstić information content (AvgIpc) is 2.46. The molecule has 1 aromatic carbocycles. The molecule has 0 radical (unpaired) electrons. The van der Waals surface area contributed by atoms with Gasteiger partial charge >= 0.3 is 0 Å². The van der Waals surface area contributed by atoms with E-state index in [9.17, 15) is 10.1 Å². The number of non-ortho nitro benzene ring substituents is 1. The van der Waals surface area contributed by atoms with E-state index in [4.69, 9.17) is 5.84 Å². The Labute approximate surface area is 127 Å². The minimum Gasteiger partial charge on any atom is -0.323 e. The number of hydrogen-bond acceptors (Lipinski definition) is 4. The summed E-state index contributed by atoms with van der Waals surface area (Å²) < 4.78 is 0. The van der Waals surface area contributed by atoms with E-state index in [1.807, 2.05) is 6.07 Å². The number of nitrogens with zero attached hydrogens (tertiary/aromatic N) is 2. The lowest BCUT2D eigenvalue weighted by Gasteiger charge is -2.52. The molecule has 4 fully saturated rings. The first-order valence-corrected chi connectivity index (χ1v) is 7.63. The minimum atomic E-state index is -0.366. The van der Waals surface area contributed by atoms with Gasteiger partial charge in [-0.2, -0.15) is 5.10 Å². The molecule has 4 heterocycles. The number of hydrazone groups is 1.